The van der Waals surface area contributed by atoms with E-state index in [4.69, 9.17) is 9.47 Å². The summed E-state index contributed by atoms with van der Waals surface area (Å²) in [6.07, 6.45) is 3.71. The lowest BCUT2D eigenvalue weighted by molar-refractivity contribution is -0.142. The van der Waals surface area contributed by atoms with Gasteiger partial charge in [0.15, 0.2) is 0 Å². The number of aliphatic hydroxyl groups excluding tert-OH is 1. The smallest absolute Gasteiger partial charge is 0.257 e. The molecule has 2 aromatic rings. The third kappa shape index (κ3) is 4.70. The average molecular weight is 425 g/mol. The highest BCUT2D eigenvalue weighted by molar-refractivity contribution is 6.04. The summed E-state index contributed by atoms with van der Waals surface area (Å²) in [7, 11) is 0. The van der Waals surface area contributed by atoms with E-state index in [1.165, 1.54) is 6.20 Å². The van der Waals surface area contributed by atoms with E-state index in [2.05, 4.69) is 15.6 Å². The quantitative estimate of drug-likeness (QED) is 0.628. The normalized spacial score (nSPS) is 23.9. The van der Waals surface area contributed by atoms with Crippen molar-refractivity contribution in [3.05, 3.63) is 53.9 Å². The van der Waals surface area contributed by atoms with Crippen LogP contribution in [0.2, 0.25) is 0 Å². The van der Waals surface area contributed by atoms with E-state index in [1.807, 2.05) is 19.1 Å². The zero-order valence-electron chi connectivity index (χ0n) is 17.4. The molecule has 8 heteroatoms. The number of nitrogens with zero attached hydrogens (tertiary/aromatic N) is 1. The highest BCUT2D eigenvalue weighted by Crippen LogP contribution is 2.47. The molecule has 0 bridgehead atoms. The number of fused-ring (bicyclic) bond motifs is 3. The molecule has 2 amide bonds. The number of hydrogen-bond donors (Lipinski definition) is 3. The molecule has 4 atom stereocenters. The van der Waals surface area contributed by atoms with Gasteiger partial charge in [-0.05, 0) is 43.2 Å². The molecule has 31 heavy (non-hydrogen) atoms. The van der Waals surface area contributed by atoms with Crippen molar-refractivity contribution < 1.29 is 24.2 Å². The van der Waals surface area contributed by atoms with Crippen LogP contribution in [-0.2, 0) is 9.53 Å². The van der Waals surface area contributed by atoms with Crippen molar-refractivity contribution in [2.75, 3.05) is 18.5 Å². The zero-order chi connectivity index (χ0) is 21.8. The second-order valence-electron chi connectivity index (χ2n) is 7.91. The Bertz CT molecular complexity index is 936. The maximum absolute atomic E-state index is 12.5. The van der Waals surface area contributed by atoms with E-state index >= 15 is 0 Å². The number of amides is 2. The standard InChI is InChI=1S/C23H27N3O5/c1-2-7-25-21(28)11-16-10-18-17-9-15(26-23(29)14-4-3-8-24-12-14)5-6-19(17)31-22(18)20(13-27)30-16/h3-6,8-9,12,16,18,20,22,27H,2,7,10-11,13H2,1H3,(H,25,28)(H,26,29)/t16-,18+,20-,22-/m0/s1. The Hall–Kier alpha value is -2.97. The first-order valence-electron chi connectivity index (χ1n) is 10.6. The molecule has 2 aliphatic rings. The van der Waals surface area contributed by atoms with Crippen LogP contribution in [0.15, 0.2) is 42.7 Å². The number of carbonyl (C=O) groups is 2. The summed E-state index contributed by atoms with van der Waals surface area (Å²) in [5.74, 6) is 0.389. The van der Waals surface area contributed by atoms with E-state index in [-0.39, 0.29) is 43.0 Å². The van der Waals surface area contributed by atoms with Gasteiger partial charge in [0.1, 0.15) is 18.0 Å². The number of nitrogens with one attached hydrogen (secondary N) is 2. The fourth-order valence-electron chi connectivity index (χ4n) is 4.21. The summed E-state index contributed by atoms with van der Waals surface area (Å²) >= 11 is 0. The number of anilines is 1. The Morgan fingerprint density at radius 3 is 2.90 bits per heavy atom. The van der Waals surface area contributed by atoms with Crippen LogP contribution in [-0.4, -0.2) is 53.4 Å². The maximum atomic E-state index is 12.5. The molecule has 4 rings (SSSR count). The zero-order valence-corrected chi connectivity index (χ0v) is 17.4. The minimum atomic E-state index is -0.511. The molecular formula is C23H27N3O5. The fourth-order valence-corrected chi connectivity index (χ4v) is 4.21. The molecule has 2 aliphatic heterocycles. The van der Waals surface area contributed by atoms with Crippen molar-refractivity contribution in [1.82, 2.24) is 10.3 Å². The van der Waals surface area contributed by atoms with E-state index < -0.39 is 6.10 Å². The Labute approximate surface area is 181 Å². The van der Waals surface area contributed by atoms with Crippen molar-refractivity contribution in [1.29, 1.82) is 0 Å². The number of aliphatic hydroxyl groups is 1. The lowest BCUT2D eigenvalue weighted by Gasteiger charge is -2.37. The van der Waals surface area contributed by atoms with Gasteiger partial charge in [0.25, 0.3) is 5.91 Å². The van der Waals surface area contributed by atoms with Crippen LogP contribution in [0, 0.1) is 0 Å². The monoisotopic (exact) mass is 425 g/mol. The van der Waals surface area contributed by atoms with E-state index in [0.29, 0.717) is 30.0 Å². The molecule has 0 saturated carbocycles. The second-order valence-corrected chi connectivity index (χ2v) is 7.91. The minimum Gasteiger partial charge on any atom is -0.487 e. The van der Waals surface area contributed by atoms with E-state index in [0.717, 1.165) is 12.0 Å². The van der Waals surface area contributed by atoms with Crippen molar-refractivity contribution in [2.24, 2.45) is 0 Å². The molecular weight excluding hydrogens is 398 g/mol. The van der Waals surface area contributed by atoms with Gasteiger partial charge in [0.05, 0.1) is 24.7 Å². The topological polar surface area (TPSA) is 110 Å². The van der Waals surface area contributed by atoms with Gasteiger partial charge in [-0.25, -0.2) is 0 Å². The first-order chi connectivity index (χ1) is 15.1. The van der Waals surface area contributed by atoms with Crippen LogP contribution in [0.1, 0.15) is 48.0 Å². The lowest BCUT2D eigenvalue weighted by atomic mass is 9.84. The summed E-state index contributed by atoms with van der Waals surface area (Å²) in [6.45, 7) is 2.45. The average Bonchev–Trinajstić information content (AvgIpc) is 3.15. The molecule has 164 valence electrons. The fraction of sp³-hybridized carbons (Fsp3) is 0.435. The Morgan fingerprint density at radius 2 is 2.16 bits per heavy atom. The summed E-state index contributed by atoms with van der Waals surface area (Å²) in [5, 5.41) is 15.6. The molecule has 1 aromatic carbocycles. The van der Waals surface area contributed by atoms with Gasteiger partial charge in [-0.2, -0.15) is 0 Å². The number of carbonyl (C=O) groups excluding carboxylic acids is 2. The second kappa shape index (κ2) is 9.45. The van der Waals surface area contributed by atoms with Gasteiger partial charge in [-0.1, -0.05) is 6.92 Å². The molecule has 1 aromatic heterocycles. The number of ether oxygens (including phenoxy) is 2. The number of benzene rings is 1. The predicted octanol–water partition coefficient (Wildman–Crippen LogP) is 2.24. The minimum absolute atomic E-state index is 0.0277. The Balaban J connectivity index is 1.50. The molecule has 1 saturated heterocycles. The number of hydrogen-bond acceptors (Lipinski definition) is 6. The summed E-state index contributed by atoms with van der Waals surface area (Å²) in [6, 6.07) is 8.93. The molecule has 3 heterocycles. The largest absolute Gasteiger partial charge is 0.487 e. The number of aromatic nitrogens is 1. The SMILES string of the molecule is CCCNC(=O)C[C@@H]1C[C@@H]2c3cc(NC(=O)c4cccnc4)ccc3O[C@@H]2[C@H](CO)O1. The van der Waals surface area contributed by atoms with Gasteiger partial charge in [-0.3, -0.25) is 14.6 Å². The summed E-state index contributed by atoms with van der Waals surface area (Å²) < 4.78 is 12.0. The van der Waals surface area contributed by atoms with E-state index in [9.17, 15) is 14.7 Å². The third-order valence-electron chi connectivity index (χ3n) is 5.67. The lowest BCUT2D eigenvalue weighted by Crippen LogP contribution is -2.47. The predicted molar refractivity (Wildman–Crippen MR) is 114 cm³/mol. The molecule has 0 spiro atoms. The van der Waals surface area contributed by atoms with Crippen LogP contribution in [0.3, 0.4) is 0 Å². The Kier molecular flexibility index (Phi) is 6.48. The van der Waals surface area contributed by atoms with Gasteiger partial charge < -0.3 is 25.2 Å². The van der Waals surface area contributed by atoms with Crippen LogP contribution >= 0.6 is 0 Å². The van der Waals surface area contributed by atoms with Crippen molar-refractivity contribution >= 4 is 17.5 Å². The van der Waals surface area contributed by atoms with Crippen LogP contribution in [0.4, 0.5) is 5.69 Å². The van der Waals surface area contributed by atoms with Gasteiger partial charge in [0.2, 0.25) is 5.91 Å². The third-order valence-corrected chi connectivity index (χ3v) is 5.67. The van der Waals surface area contributed by atoms with Crippen molar-refractivity contribution in [3.63, 3.8) is 0 Å². The molecule has 8 nitrogen and oxygen atoms in total. The van der Waals surface area contributed by atoms with Crippen LogP contribution in [0.25, 0.3) is 0 Å². The highest BCUT2D eigenvalue weighted by Gasteiger charge is 2.46. The first kappa shape index (κ1) is 21.3. The van der Waals surface area contributed by atoms with Crippen molar-refractivity contribution in [2.45, 2.75) is 50.4 Å². The van der Waals surface area contributed by atoms with E-state index in [1.54, 1.807) is 24.4 Å². The van der Waals surface area contributed by atoms with Gasteiger partial charge in [0, 0.05) is 36.1 Å². The van der Waals surface area contributed by atoms with Gasteiger partial charge in [-0.15, -0.1) is 0 Å². The first-order valence-corrected chi connectivity index (χ1v) is 10.6. The molecule has 0 unspecified atom stereocenters. The molecule has 3 N–H and O–H groups in total. The molecule has 0 aliphatic carbocycles. The highest BCUT2D eigenvalue weighted by atomic mass is 16.6. The molecule has 0 radical (unpaired) electrons. The van der Waals surface area contributed by atoms with Crippen LogP contribution in [0.5, 0.6) is 5.75 Å². The Morgan fingerprint density at radius 1 is 1.29 bits per heavy atom. The van der Waals surface area contributed by atoms with Crippen LogP contribution < -0.4 is 15.4 Å². The van der Waals surface area contributed by atoms with Crippen molar-refractivity contribution in [3.8, 4) is 5.75 Å². The summed E-state index contributed by atoms with van der Waals surface area (Å²) in [4.78, 5) is 28.6. The summed E-state index contributed by atoms with van der Waals surface area (Å²) in [5.41, 5.74) is 2.08. The maximum Gasteiger partial charge on any atom is 0.257 e. The number of pyridine rings is 1. The molecule has 1 fully saturated rings. The van der Waals surface area contributed by atoms with Gasteiger partial charge >= 0.3 is 0 Å². The number of rotatable bonds is 7.